The van der Waals surface area contributed by atoms with Crippen molar-refractivity contribution in [3.05, 3.63) is 10.1 Å². The first-order valence-corrected chi connectivity index (χ1v) is 7.95. The lowest BCUT2D eigenvalue weighted by atomic mass is 9.69. The number of hydrogen-bond donors (Lipinski definition) is 1. The van der Waals surface area contributed by atoms with Gasteiger partial charge < -0.3 is 5.11 Å². The van der Waals surface area contributed by atoms with Crippen LogP contribution in [0.5, 0.6) is 0 Å². The normalized spacial score (nSPS) is 36.8. The molecule has 20 heavy (non-hydrogen) atoms. The van der Waals surface area contributed by atoms with E-state index in [-0.39, 0.29) is 17.1 Å². The van der Waals surface area contributed by atoms with Gasteiger partial charge in [-0.15, -0.1) is 0 Å². The van der Waals surface area contributed by atoms with Crippen LogP contribution in [0.1, 0.15) is 70.6 Å². The van der Waals surface area contributed by atoms with Crippen LogP contribution in [0, 0.1) is 16.0 Å². The average molecular weight is 283 g/mol. The van der Waals surface area contributed by atoms with Crippen LogP contribution in [0.25, 0.3) is 0 Å². The first kappa shape index (κ1) is 15.4. The standard InChI is InChI=1S/C15H25NO4/c17-13-9-11-15(16(19)20)10-7-5-3-1-2-4-6-8-12(13)14(15)18/h12-13,17H,1-11H2/t12-,13-,15+/m0/s1. The maximum absolute atomic E-state index is 12.6. The summed E-state index contributed by atoms with van der Waals surface area (Å²) < 4.78 is 0. The zero-order valence-corrected chi connectivity index (χ0v) is 12.1. The van der Waals surface area contributed by atoms with Crippen molar-refractivity contribution in [1.29, 1.82) is 0 Å². The summed E-state index contributed by atoms with van der Waals surface area (Å²) >= 11 is 0. The topological polar surface area (TPSA) is 80.4 Å². The van der Waals surface area contributed by atoms with Crippen LogP contribution in [0.3, 0.4) is 0 Å². The largest absolute Gasteiger partial charge is 0.392 e. The first-order chi connectivity index (χ1) is 9.58. The van der Waals surface area contributed by atoms with Gasteiger partial charge in [-0.3, -0.25) is 14.9 Å². The highest BCUT2D eigenvalue weighted by Crippen LogP contribution is 2.38. The molecule has 0 aliphatic heterocycles. The predicted molar refractivity (Wildman–Crippen MR) is 75.0 cm³/mol. The molecule has 2 aliphatic carbocycles. The van der Waals surface area contributed by atoms with Gasteiger partial charge >= 0.3 is 0 Å². The molecule has 1 N–H and O–H groups in total. The second-order valence-electron chi connectivity index (χ2n) is 6.38. The molecule has 0 spiro atoms. The Morgan fingerprint density at radius 3 is 2.25 bits per heavy atom. The summed E-state index contributed by atoms with van der Waals surface area (Å²) in [6.45, 7) is 0. The summed E-state index contributed by atoms with van der Waals surface area (Å²) in [5.41, 5.74) is -1.41. The number of carbonyl (C=O) groups excluding carboxylic acids is 1. The van der Waals surface area contributed by atoms with Gasteiger partial charge in [0.25, 0.3) is 5.54 Å². The van der Waals surface area contributed by atoms with Crippen LogP contribution in [-0.4, -0.2) is 27.5 Å². The first-order valence-electron chi connectivity index (χ1n) is 7.95. The Morgan fingerprint density at radius 1 is 1.00 bits per heavy atom. The van der Waals surface area contributed by atoms with E-state index in [0.29, 0.717) is 19.3 Å². The van der Waals surface area contributed by atoms with Gasteiger partial charge in [-0.05, 0) is 19.3 Å². The Balaban J connectivity index is 2.20. The van der Waals surface area contributed by atoms with Gasteiger partial charge in [-0.2, -0.15) is 0 Å². The number of hydrogen-bond acceptors (Lipinski definition) is 4. The molecular formula is C15H25NO4. The number of carbonyl (C=O) groups is 1. The summed E-state index contributed by atoms with van der Waals surface area (Å²) in [5.74, 6) is -0.824. The minimum absolute atomic E-state index is 0.205. The fourth-order valence-electron chi connectivity index (χ4n) is 3.74. The minimum atomic E-state index is -1.41. The molecule has 5 nitrogen and oxygen atoms in total. The molecule has 2 rings (SSSR count). The molecule has 114 valence electrons. The van der Waals surface area contributed by atoms with Crippen LogP contribution >= 0.6 is 0 Å². The third-order valence-corrected chi connectivity index (χ3v) is 5.07. The van der Waals surface area contributed by atoms with Crippen molar-refractivity contribution in [2.75, 3.05) is 0 Å². The van der Waals surface area contributed by atoms with E-state index in [0.717, 1.165) is 38.5 Å². The molecule has 0 aromatic rings. The van der Waals surface area contributed by atoms with Crippen LogP contribution in [-0.2, 0) is 4.79 Å². The molecule has 5 heteroatoms. The average Bonchev–Trinajstić information content (AvgIpc) is 2.41. The smallest absolute Gasteiger partial charge is 0.279 e. The van der Waals surface area contributed by atoms with Crippen molar-refractivity contribution < 1.29 is 14.8 Å². The second kappa shape index (κ2) is 6.66. The van der Waals surface area contributed by atoms with Crippen LogP contribution in [0.4, 0.5) is 0 Å². The number of nitro groups is 1. The lowest BCUT2D eigenvalue weighted by molar-refractivity contribution is -0.557. The van der Waals surface area contributed by atoms with Gasteiger partial charge in [-0.25, -0.2) is 0 Å². The van der Waals surface area contributed by atoms with Crippen LogP contribution in [0.15, 0.2) is 0 Å². The fourth-order valence-corrected chi connectivity index (χ4v) is 3.74. The monoisotopic (exact) mass is 283 g/mol. The summed E-state index contributed by atoms with van der Waals surface area (Å²) in [6.07, 6.45) is 7.97. The number of aliphatic hydroxyl groups excluding tert-OH is 1. The van der Waals surface area contributed by atoms with E-state index in [9.17, 15) is 20.0 Å². The number of Topliss-reactive ketones (excluding diaryl/α,β-unsaturated/α-hetero) is 1. The highest BCUT2D eigenvalue weighted by atomic mass is 16.6. The molecule has 0 radical (unpaired) electrons. The molecule has 2 saturated carbocycles. The Kier molecular flexibility index (Phi) is 5.13. The molecule has 0 aromatic carbocycles. The quantitative estimate of drug-likeness (QED) is 0.592. The Bertz CT molecular complexity index is 371. The summed E-state index contributed by atoms with van der Waals surface area (Å²) in [6, 6.07) is 0. The van der Waals surface area contributed by atoms with Gasteiger partial charge in [0, 0.05) is 17.8 Å². The van der Waals surface area contributed by atoms with E-state index in [1.807, 2.05) is 0 Å². The molecule has 3 atom stereocenters. The fraction of sp³-hybridized carbons (Fsp3) is 0.933. The highest BCUT2D eigenvalue weighted by molar-refractivity contribution is 5.90. The van der Waals surface area contributed by atoms with Crippen LogP contribution < -0.4 is 0 Å². The van der Waals surface area contributed by atoms with Gasteiger partial charge in [0.15, 0.2) is 0 Å². The lowest BCUT2D eigenvalue weighted by Crippen LogP contribution is -2.55. The number of rotatable bonds is 1. The predicted octanol–water partition coefficient (Wildman–Crippen LogP) is 2.87. The van der Waals surface area contributed by atoms with Gasteiger partial charge in [0.05, 0.1) is 12.0 Å². The Labute approximate surface area is 119 Å². The molecule has 2 bridgehead atoms. The molecule has 2 aliphatic rings. The van der Waals surface area contributed by atoms with E-state index >= 15 is 0 Å². The number of fused-ring (bicyclic) bond motifs is 2. The van der Waals surface area contributed by atoms with E-state index in [4.69, 9.17) is 0 Å². The zero-order valence-electron chi connectivity index (χ0n) is 12.1. The van der Waals surface area contributed by atoms with Crippen molar-refractivity contribution in [2.24, 2.45) is 5.92 Å². The second-order valence-corrected chi connectivity index (χ2v) is 6.38. The van der Waals surface area contributed by atoms with Gasteiger partial charge in [0.2, 0.25) is 5.78 Å². The maximum Gasteiger partial charge on any atom is 0.279 e. The Morgan fingerprint density at radius 2 is 1.60 bits per heavy atom. The molecular weight excluding hydrogens is 258 g/mol. The summed E-state index contributed by atoms with van der Waals surface area (Å²) in [4.78, 5) is 23.8. The molecule has 0 saturated heterocycles. The maximum atomic E-state index is 12.6. The summed E-state index contributed by atoms with van der Waals surface area (Å²) in [5, 5.41) is 21.6. The zero-order chi connectivity index (χ0) is 14.6. The van der Waals surface area contributed by atoms with Crippen molar-refractivity contribution in [2.45, 2.75) is 82.3 Å². The molecule has 2 fully saturated rings. The van der Waals surface area contributed by atoms with E-state index in [1.165, 1.54) is 6.42 Å². The van der Waals surface area contributed by atoms with Crippen molar-refractivity contribution in [3.8, 4) is 0 Å². The molecule has 0 aromatic heterocycles. The summed E-state index contributed by atoms with van der Waals surface area (Å²) in [7, 11) is 0. The van der Waals surface area contributed by atoms with E-state index < -0.39 is 17.6 Å². The van der Waals surface area contributed by atoms with Crippen molar-refractivity contribution in [3.63, 3.8) is 0 Å². The SMILES string of the molecule is O=C1[C@H]2CCCCCCCCC[C@@]1([N+](=O)[O-])CC[C@@H]2O. The number of aliphatic hydroxyl groups is 1. The van der Waals surface area contributed by atoms with E-state index in [2.05, 4.69) is 0 Å². The molecule has 0 unspecified atom stereocenters. The lowest BCUT2D eigenvalue weighted by Gasteiger charge is -2.36. The van der Waals surface area contributed by atoms with Crippen molar-refractivity contribution >= 4 is 5.78 Å². The number of ketones is 1. The number of nitrogens with zero attached hydrogens (tertiary/aromatic N) is 1. The van der Waals surface area contributed by atoms with E-state index in [1.54, 1.807) is 0 Å². The molecule has 0 heterocycles. The Hall–Kier alpha value is -0.970. The minimum Gasteiger partial charge on any atom is -0.392 e. The third-order valence-electron chi connectivity index (χ3n) is 5.07. The van der Waals surface area contributed by atoms with Crippen molar-refractivity contribution in [1.82, 2.24) is 0 Å². The van der Waals surface area contributed by atoms with Gasteiger partial charge in [-0.1, -0.05) is 38.5 Å². The molecule has 0 amide bonds. The third kappa shape index (κ3) is 3.03. The highest BCUT2D eigenvalue weighted by Gasteiger charge is 2.56. The van der Waals surface area contributed by atoms with Gasteiger partial charge in [0.1, 0.15) is 0 Å². The van der Waals surface area contributed by atoms with Crippen LogP contribution in [0.2, 0.25) is 0 Å².